The maximum Gasteiger partial charge on any atom is 0.0752 e. The summed E-state index contributed by atoms with van der Waals surface area (Å²) in [4.78, 5) is 2.32. The van der Waals surface area contributed by atoms with E-state index >= 15 is 0 Å². The Labute approximate surface area is 126 Å². The van der Waals surface area contributed by atoms with E-state index in [9.17, 15) is 0 Å². The van der Waals surface area contributed by atoms with E-state index in [1.807, 2.05) is 12.1 Å². The van der Waals surface area contributed by atoms with E-state index in [-0.39, 0.29) is 5.41 Å². The zero-order valence-corrected chi connectivity index (χ0v) is 13.4. The van der Waals surface area contributed by atoms with Crippen molar-refractivity contribution in [2.24, 2.45) is 5.41 Å². The van der Waals surface area contributed by atoms with Crippen molar-refractivity contribution >= 4 is 17.3 Å². The normalized spacial score (nSPS) is 16.5. The second-order valence-corrected chi connectivity index (χ2v) is 6.80. The third kappa shape index (κ3) is 4.37. The van der Waals surface area contributed by atoms with Crippen LogP contribution in [-0.2, 0) is 16.1 Å². The van der Waals surface area contributed by atoms with Crippen LogP contribution in [0.4, 0.5) is 5.69 Å². The topological polar surface area (TPSA) is 21.7 Å². The van der Waals surface area contributed by atoms with Gasteiger partial charge < -0.3 is 14.4 Å². The van der Waals surface area contributed by atoms with Gasteiger partial charge in [-0.05, 0) is 17.5 Å². The van der Waals surface area contributed by atoms with Crippen LogP contribution in [0, 0.1) is 5.41 Å². The highest BCUT2D eigenvalue weighted by Gasteiger charge is 2.17. The Bertz CT molecular complexity index is 437. The summed E-state index contributed by atoms with van der Waals surface area (Å²) in [6.45, 7) is 11.2. The van der Waals surface area contributed by atoms with Gasteiger partial charge in [-0.3, -0.25) is 0 Å². The molecule has 4 heteroatoms. The van der Waals surface area contributed by atoms with Gasteiger partial charge in [-0.25, -0.2) is 0 Å². The minimum Gasteiger partial charge on any atom is -0.378 e. The average molecular weight is 298 g/mol. The van der Waals surface area contributed by atoms with Gasteiger partial charge in [0.05, 0.1) is 26.4 Å². The fourth-order valence-electron chi connectivity index (χ4n) is 2.25. The second kappa shape index (κ2) is 6.79. The predicted molar refractivity (Wildman–Crippen MR) is 83.6 cm³/mol. The molecule has 0 radical (unpaired) electrons. The molecule has 3 nitrogen and oxygen atoms in total. The highest BCUT2D eigenvalue weighted by Crippen LogP contribution is 2.29. The number of anilines is 1. The molecule has 1 heterocycles. The van der Waals surface area contributed by atoms with Crippen LogP contribution >= 0.6 is 11.6 Å². The summed E-state index contributed by atoms with van der Waals surface area (Å²) in [6, 6.07) is 6.05. The first-order valence-corrected chi connectivity index (χ1v) is 7.53. The molecule has 0 saturated carbocycles. The molecule has 1 fully saturated rings. The van der Waals surface area contributed by atoms with E-state index in [4.69, 9.17) is 21.1 Å². The number of hydrogen-bond donors (Lipinski definition) is 0. The molecule has 1 aliphatic rings. The van der Waals surface area contributed by atoms with Crippen molar-refractivity contribution in [3.8, 4) is 0 Å². The number of halogens is 1. The first-order valence-electron chi connectivity index (χ1n) is 7.15. The molecule has 0 spiro atoms. The fourth-order valence-corrected chi connectivity index (χ4v) is 2.47. The molecule has 2 rings (SSSR count). The van der Waals surface area contributed by atoms with Gasteiger partial charge in [0.1, 0.15) is 0 Å². The molecule has 112 valence electrons. The molecule has 20 heavy (non-hydrogen) atoms. The van der Waals surface area contributed by atoms with Gasteiger partial charge in [0.2, 0.25) is 0 Å². The van der Waals surface area contributed by atoms with Gasteiger partial charge in [-0.2, -0.15) is 0 Å². The van der Waals surface area contributed by atoms with Crippen molar-refractivity contribution in [2.75, 3.05) is 37.8 Å². The van der Waals surface area contributed by atoms with Crippen molar-refractivity contribution < 1.29 is 9.47 Å². The van der Waals surface area contributed by atoms with E-state index in [0.29, 0.717) is 6.61 Å². The first-order chi connectivity index (χ1) is 9.47. The van der Waals surface area contributed by atoms with Crippen LogP contribution in [0.1, 0.15) is 26.3 Å². The van der Waals surface area contributed by atoms with E-state index in [0.717, 1.165) is 43.5 Å². The maximum absolute atomic E-state index is 6.36. The summed E-state index contributed by atoms with van der Waals surface area (Å²) in [5, 5.41) is 0.780. The molecular formula is C16H24ClNO2. The van der Waals surface area contributed by atoms with Crippen LogP contribution < -0.4 is 4.90 Å². The molecule has 0 aromatic heterocycles. The molecule has 0 unspecified atom stereocenters. The number of rotatable bonds is 4. The Kier molecular flexibility index (Phi) is 5.30. The third-order valence-electron chi connectivity index (χ3n) is 3.23. The molecule has 1 saturated heterocycles. The van der Waals surface area contributed by atoms with Crippen LogP contribution in [0.2, 0.25) is 5.02 Å². The van der Waals surface area contributed by atoms with Crippen LogP contribution in [0.15, 0.2) is 18.2 Å². The first kappa shape index (κ1) is 15.6. The van der Waals surface area contributed by atoms with Gasteiger partial charge in [-0.1, -0.05) is 38.4 Å². The van der Waals surface area contributed by atoms with Gasteiger partial charge in [-0.15, -0.1) is 0 Å². The van der Waals surface area contributed by atoms with Crippen molar-refractivity contribution in [2.45, 2.75) is 27.4 Å². The smallest absolute Gasteiger partial charge is 0.0752 e. The van der Waals surface area contributed by atoms with Crippen LogP contribution in [0.25, 0.3) is 0 Å². The fraction of sp³-hybridized carbons (Fsp3) is 0.625. The summed E-state index contributed by atoms with van der Waals surface area (Å²) in [5.74, 6) is 0. The molecule has 1 aliphatic heterocycles. The van der Waals surface area contributed by atoms with Gasteiger partial charge in [0.15, 0.2) is 0 Å². The van der Waals surface area contributed by atoms with Gasteiger partial charge in [0.25, 0.3) is 0 Å². The summed E-state index contributed by atoms with van der Waals surface area (Å²) in [5.41, 5.74) is 2.43. The second-order valence-electron chi connectivity index (χ2n) is 6.39. The lowest BCUT2D eigenvalue weighted by atomic mass is 9.99. The van der Waals surface area contributed by atoms with E-state index < -0.39 is 0 Å². The molecule has 1 aromatic carbocycles. The molecule has 0 amide bonds. The highest BCUT2D eigenvalue weighted by molar-refractivity contribution is 6.31. The van der Waals surface area contributed by atoms with Crippen molar-refractivity contribution in [3.05, 3.63) is 28.8 Å². The molecular weight excluding hydrogens is 274 g/mol. The Morgan fingerprint density at radius 2 is 1.95 bits per heavy atom. The SMILES string of the molecule is CC(C)(C)COCc1c(Cl)cccc1N1CCOCC1. The number of hydrogen-bond acceptors (Lipinski definition) is 3. The molecule has 0 bridgehead atoms. The Morgan fingerprint density at radius 3 is 2.60 bits per heavy atom. The van der Waals surface area contributed by atoms with E-state index in [1.165, 1.54) is 5.69 Å². The summed E-state index contributed by atoms with van der Waals surface area (Å²) in [6.07, 6.45) is 0. The Balaban J connectivity index is 2.09. The van der Waals surface area contributed by atoms with Crippen LogP contribution in [0.5, 0.6) is 0 Å². The van der Waals surface area contributed by atoms with E-state index in [1.54, 1.807) is 0 Å². The van der Waals surface area contributed by atoms with Crippen molar-refractivity contribution in [3.63, 3.8) is 0 Å². The maximum atomic E-state index is 6.36. The largest absolute Gasteiger partial charge is 0.378 e. The Morgan fingerprint density at radius 1 is 1.25 bits per heavy atom. The lowest BCUT2D eigenvalue weighted by Crippen LogP contribution is -2.36. The van der Waals surface area contributed by atoms with Crippen LogP contribution in [-0.4, -0.2) is 32.9 Å². The molecule has 0 N–H and O–H groups in total. The number of ether oxygens (including phenoxy) is 2. The predicted octanol–water partition coefficient (Wildman–Crippen LogP) is 3.74. The van der Waals surface area contributed by atoms with Gasteiger partial charge in [0, 0.05) is 29.4 Å². The summed E-state index contributed by atoms with van der Waals surface area (Å²) in [7, 11) is 0. The highest BCUT2D eigenvalue weighted by atomic mass is 35.5. The van der Waals surface area contributed by atoms with Crippen molar-refractivity contribution in [1.29, 1.82) is 0 Å². The standard InChI is InChI=1S/C16H24ClNO2/c1-16(2,3)12-20-11-13-14(17)5-4-6-15(13)18-7-9-19-10-8-18/h4-6H,7-12H2,1-3H3. The quantitative estimate of drug-likeness (QED) is 0.845. The van der Waals surface area contributed by atoms with Gasteiger partial charge >= 0.3 is 0 Å². The zero-order chi connectivity index (χ0) is 14.6. The van der Waals surface area contributed by atoms with Crippen LogP contribution in [0.3, 0.4) is 0 Å². The summed E-state index contributed by atoms with van der Waals surface area (Å²) < 4.78 is 11.3. The minimum absolute atomic E-state index is 0.167. The number of benzene rings is 1. The minimum atomic E-state index is 0.167. The Hall–Kier alpha value is -0.770. The number of nitrogens with zero attached hydrogens (tertiary/aromatic N) is 1. The summed E-state index contributed by atoms with van der Waals surface area (Å²) >= 11 is 6.36. The monoisotopic (exact) mass is 297 g/mol. The zero-order valence-electron chi connectivity index (χ0n) is 12.6. The van der Waals surface area contributed by atoms with Crippen molar-refractivity contribution in [1.82, 2.24) is 0 Å². The third-order valence-corrected chi connectivity index (χ3v) is 3.58. The lowest BCUT2D eigenvalue weighted by Gasteiger charge is -2.31. The molecule has 1 aromatic rings. The lowest BCUT2D eigenvalue weighted by molar-refractivity contribution is 0.0599. The molecule has 0 aliphatic carbocycles. The molecule has 0 atom stereocenters. The average Bonchev–Trinajstić information content (AvgIpc) is 2.40. The van der Waals surface area contributed by atoms with E-state index in [2.05, 4.69) is 31.7 Å². The number of morpholine rings is 1.